The Morgan fingerprint density at radius 1 is 1.44 bits per heavy atom. The molecule has 1 aliphatic heterocycles. The maximum atomic E-state index is 12.4. The van der Waals surface area contributed by atoms with Gasteiger partial charge in [-0.1, -0.05) is 0 Å². The molecule has 0 radical (unpaired) electrons. The Balaban J connectivity index is 1.73. The first-order chi connectivity index (χ1) is 13.1. The topological polar surface area (TPSA) is 116 Å². The molecule has 1 aromatic carbocycles. The van der Waals surface area contributed by atoms with Crippen molar-refractivity contribution in [2.75, 3.05) is 30.5 Å². The van der Waals surface area contributed by atoms with Crippen LogP contribution in [0.3, 0.4) is 0 Å². The van der Waals surface area contributed by atoms with Gasteiger partial charge in [-0.2, -0.15) is 0 Å². The zero-order chi connectivity index (χ0) is 19.2. The normalized spacial score (nSPS) is 14.6. The van der Waals surface area contributed by atoms with E-state index in [1.807, 2.05) is 6.92 Å². The Morgan fingerprint density at radius 2 is 2.22 bits per heavy atom. The lowest BCUT2D eigenvalue weighted by Crippen LogP contribution is -2.28. The molecule has 144 valence electrons. The van der Waals surface area contributed by atoms with Crippen molar-refractivity contribution in [3.8, 4) is 5.75 Å². The fraction of sp³-hybridized carbons (Fsp3) is 0.412. The van der Waals surface area contributed by atoms with Crippen LogP contribution in [0.5, 0.6) is 5.75 Å². The second-order valence-electron chi connectivity index (χ2n) is 5.89. The summed E-state index contributed by atoms with van der Waals surface area (Å²) in [5.41, 5.74) is 1.21. The van der Waals surface area contributed by atoms with Crippen molar-refractivity contribution in [3.05, 3.63) is 40.1 Å². The number of rotatable bonds is 7. The molecule has 1 fully saturated rings. The third-order valence-electron chi connectivity index (χ3n) is 4.02. The molecule has 3 rings (SSSR count). The smallest absolute Gasteiger partial charge is 0.345 e. The van der Waals surface area contributed by atoms with E-state index in [2.05, 4.69) is 15.6 Å². The molecule has 1 amide bonds. The largest absolute Gasteiger partial charge is 0.492 e. The zero-order valence-corrected chi connectivity index (χ0v) is 15.6. The average molecular weight is 392 g/mol. The fourth-order valence-corrected chi connectivity index (χ4v) is 3.32. The summed E-state index contributed by atoms with van der Waals surface area (Å²) < 4.78 is 11.0. The molecule has 2 N–H and O–H groups in total. The number of amides is 1. The monoisotopic (exact) mass is 392 g/mol. The van der Waals surface area contributed by atoms with Crippen LogP contribution in [-0.4, -0.2) is 41.7 Å². The number of hydrogen-bond acceptors (Lipinski definition) is 8. The number of benzene rings is 1. The van der Waals surface area contributed by atoms with Gasteiger partial charge >= 0.3 is 5.00 Å². The molecule has 1 aliphatic rings. The third-order valence-corrected chi connectivity index (χ3v) is 4.88. The number of anilines is 2. The fourth-order valence-electron chi connectivity index (χ4n) is 2.70. The summed E-state index contributed by atoms with van der Waals surface area (Å²) in [5, 5.41) is 16.8. The van der Waals surface area contributed by atoms with Crippen LogP contribution in [0.2, 0.25) is 0 Å². The molecular weight excluding hydrogens is 372 g/mol. The predicted molar refractivity (Wildman–Crippen MR) is 102 cm³/mol. The minimum absolute atomic E-state index is 0.128. The Morgan fingerprint density at radius 3 is 2.89 bits per heavy atom. The molecular formula is C17H20N4O5S. The van der Waals surface area contributed by atoms with Gasteiger partial charge in [0.25, 0.3) is 5.91 Å². The van der Waals surface area contributed by atoms with Gasteiger partial charge in [0.2, 0.25) is 0 Å². The maximum absolute atomic E-state index is 12.4. The van der Waals surface area contributed by atoms with Crippen LogP contribution in [0.4, 0.5) is 15.8 Å². The molecule has 0 spiro atoms. The van der Waals surface area contributed by atoms with Crippen molar-refractivity contribution >= 4 is 33.1 Å². The SMILES string of the molecule is CCOc1cc(C(=O)Nc2ncc([N+](=O)[O-])s2)ccc1NC1CCOCC1. The van der Waals surface area contributed by atoms with Crippen LogP contribution in [0.25, 0.3) is 0 Å². The van der Waals surface area contributed by atoms with Gasteiger partial charge < -0.3 is 14.8 Å². The molecule has 0 aliphatic carbocycles. The van der Waals surface area contributed by atoms with Crippen LogP contribution in [0, 0.1) is 10.1 Å². The molecule has 1 aromatic heterocycles. The Labute approximate surface area is 159 Å². The van der Waals surface area contributed by atoms with Crippen LogP contribution in [0.1, 0.15) is 30.1 Å². The summed E-state index contributed by atoms with van der Waals surface area (Å²) in [4.78, 5) is 26.5. The quantitative estimate of drug-likeness (QED) is 0.548. The summed E-state index contributed by atoms with van der Waals surface area (Å²) >= 11 is 0.807. The molecule has 9 nitrogen and oxygen atoms in total. The highest BCUT2D eigenvalue weighted by molar-refractivity contribution is 7.18. The second-order valence-corrected chi connectivity index (χ2v) is 6.90. The van der Waals surface area contributed by atoms with E-state index < -0.39 is 10.8 Å². The summed E-state index contributed by atoms with van der Waals surface area (Å²) in [5.74, 6) is 0.180. The number of hydrogen-bond donors (Lipinski definition) is 2. The van der Waals surface area contributed by atoms with Gasteiger partial charge in [0, 0.05) is 24.8 Å². The molecule has 2 aromatic rings. The molecule has 0 bridgehead atoms. The summed E-state index contributed by atoms with van der Waals surface area (Å²) in [6, 6.07) is 5.44. The molecule has 10 heteroatoms. The van der Waals surface area contributed by atoms with Crippen LogP contribution in [-0.2, 0) is 4.74 Å². The first kappa shape index (κ1) is 19.1. The van der Waals surface area contributed by atoms with Gasteiger partial charge in [0.1, 0.15) is 11.9 Å². The van der Waals surface area contributed by atoms with E-state index in [-0.39, 0.29) is 10.1 Å². The highest BCUT2D eigenvalue weighted by atomic mass is 32.1. The minimum Gasteiger partial charge on any atom is -0.492 e. The van der Waals surface area contributed by atoms with Crippen molar-refractivity contribution in [3.63, 3.8) is 0 Å². The molecule has 2 heterocycles. The average Bonchev–Trinajstić information content (AvgIpc) is 3.13. The highest BCUT2D eigenvalue weighted by Gasteiger charge is 2.18. The van der Waals surface area contributed by atoms with Crippen molar-refractivity contribution < 1.29 is 19.2 Å². The number of nitrogens with one attached hydrogen (secondary N) is 2. The Kier molecular flexibility index (Phi) is 6.20. The first-order valence-electron chi connectivity index (χ1n) is 8.59. The van der Waals surface area contributed by atoms with Gasteiger partial charge in [-0.05, 0) is 49.3 Å². The van der Waals surface area contributed by atoms with Gasteiger partial charge in [0.05, 0.1) is 17.2 Å². The van der Waals surface area contributed by atoms with E-state index >= 15 is 0 Å². The predicted octanol–water partition coefficient (Wildman–Crippen LogP) is 3.29. The molecule has 0 saturated carbocycles. The van der Waals surface area contributed by atoms with E-state index in [9.17, 15) is 14.9 Å². The maximum Gasteiger partial charge on any atom is 0.345 e. The highest BCUT2D eigenvalue weighted by Crippen LogP contribution is 2.29. The molecule has 0 atom stereocenters. The van der Waals surface area contributed by atoms with Crippen molar-refractivity contribution in [1.29, 1.82) is 0 Å². The molecule has 1 saturated heterocycles. The van der Waals surface area contributed by atoms with Crippen LogP contribution in [0.15, 0.2) is 24.4 Å². The van der Waals surface area contributed by atoms with Crippen LogP contribution < -0.4 is 15.4 Å². The zero-order valence-electron chi connectivity index (χ0n) is 14.8. The van der Waals surface area contributed by atoms with E-state index in [1.54, 1.807) is 18.2 Å². The summed E-state index contributed by atoms with van der Waals surface area (Å²) in [7, 11) is 0. The number of thiazole rings is 1. The van der Waals surface area contributed by atoms with E-state index in [4.69, 9.17) is 9.47 Å². The summed E-state index contributed by atoms with van der Waals surface area (Å²) in [6.45, 7) is 3.79. The number of aromatic nitrogens is 1. The Bertz CT molecular complexity index is 819. The van der Waals surface area contributed by atoms with E-state index in [1.165, 1.54) is 0 Å². The second kappa shape index (κ2) is 8.78. The lowest BCUT2D eigenvalue weighted by Gasteiger charge is -2.25. The van der Waals surface area contributed by atoms with Gasteiger partial charge in [-0.15, -0.1) is 0 Å². The number of nitro groups is 1. The number of nitrogens with zero attached hydrogens (tertiary/aromatic N) is 2. The van der Waals surface area contributed by atoms with Gasteiger partial charge in [-0.3, -0.25) is 20.2 Å². The van der Waals surface area contributed by atoms with Gasteiger partial charge in [-0.25, -0.2) is 4.98 Å². The first-order valence-corrected chi connectivity index (χ1v) is 9.41. The lowest BCUT2D eigenvalue weighted by molar-refractivity contribution is -0.380. The number of carbonyl (C=O) groups excluding carboxylic acids is 1. The number of carbonyl (C=O) groups is 1. The standard InChI is InChI=1S/C17H20N4O5S/c1-2-26-14-9-11(3-4-13(14)19-12-5-7-25-8-6-12)16(22)20-17-18-10-15(27-17)21(23)24/h3-4,9-10,12,19H,2,5-8H2,1H3,(H,18,20,22). The van der Waals surface area contributed by atoms with Crippen molar-refractivity contribution in [1.82, 2.24) is 4.98 Å². The molecule has 0 unspecified atom stereocenters. The summed E-state index contributed by atoms with van der Waals surface area (Å²) in [6.07, 6.45) is 2.94. The van der Waals surface area contributed by atoms with E-state index in [0.29, 0.717) is 24.0 Å². The van der Waals surface area contributed by atoms with Crippen molar-refractivity contribution in [2.45, 2.75) is 25.8 Å². The number of ether oxygens (including phenoxy) is 2. The lowest BCUT2D eigenvalue weighted by atomic mass is 10.1. The molecule has 27 heavy (non-hydrogen) atoms. The van der Waals surface area contributed by atoms with Crippen LogP contribution >= 0.6 is 11.3 Å². The third kappa shape index (κ3) is 4.92. The van der Waals surface area contributed by atoms with Gasteiger partial charge in [0.15, 0.2) is 5.13 Å². The minimum atomic E-state index is -0.544. The van der Waals surface area contributed by atoms with Crippen molar-refractivity contribution in [2.24, 2.45) is 0 Å². The van der Waals surface area contributed by atoms with E-state index in [0.717, 1.165) is 49.3 Å². The Hall–Kier alpha value is -2.72.